The maximum atomic E-state index is 4.53. The SMILES string of the molecule is CC(C)c1ncc(C(C)C2CCNCC2)s1. The van der Waals surface area contributed by atoms with Gasteiger partial charge in [0.25, 0.3) is 0 Å². The predicted octanol–water partition coefficient (Wildman–Crippen LogP) is 3.37. The lowest BCUT2D eigenvalue weighted by atomic mass is 9.85. The summed E-state index contributed by atoms with van der Waals surface area (Å²) in [6, 6.07) is 0. The quantitative estimate of drug-likeness (QED) is 0.873. The summed E-state index contributed by atoms with van der Waals surface area (Å²) in [5.74, 6) is 2.10. The van der Waals surface area contributed by atoms with E-state index in [0.29, 0.717) is 11.8 Å². The van der Waals surface area contributed by atoms with Crippen molar-refractivity contribution in [1.82, 2.24) is 10.3 Å². The molecule has 1 unspecified atom stereocenters. The largest absolute Gasteiger partial charge is 0.317 e. The Labute approximate surface area is 102 Å². The van der Waals surface area contributed by atoms with E-state index >= 15 is 0 Å². The van der Waals surface area contributed by atoms with Crippen molar-refractivity contribution in [2.24, 2.45) is 5.92 Å². The van der Waals surface area contributed by atoms with Crippen LogP contribution in [0, 0.1) is 5.92 Å². The number of rotatable bonds is 3. The molecular weight excluding hydrogens is 216 g/mol. The van der Waals surface area contributed by atoms with E-state index in [1.165, 1.54) is 35.8 Å². The molecule has 1 aromatic rings. The van der Waals surface area contributed by atoms with Gasteiger partial charge in [0.05, 0.1) is 5.01 Å². The van der Waals surface area contributed by atoms with Gasteiger partial charge in [-0.1, -0.05) is 20.8 Å². The number of hydrogen-bond acceptors (Lipinski definition) is 3. The monoisotopic (exact) mass is 238 g/mol. The zero-order valence-corrected chi connectivity index (χ0v) is 11.3. The molecule has 1 N–H and O–H groups in total. The van der Waals surface area contributed by atoms with E-state index < -0.39 is 0 Å². The molecule has 0 amide bonds. The van der Waals surface area contributed by atoms with Crippen LogP contribution < -0.4 is 5.32 Å². The lowest BCUT2D eigenvalue weighted by Gasteiger charge is -2.27. The highest BCUT2D eigenvalue weighted by Gasteiger charge is 2.23. The van der Waals surface area contributed by atoms with Crippen LogP contribution in [-0.4, -0.2) is 18.1 Å². The van der Waals surface area contributed by atoms with Gasteiger partial charge in [-0.25, -0.2) is 4.98 Å². The fourth-order valence-electron chi connectivity index (χ4n) is 2.35. The molecule has 2 nitrogen and oxygen atoms in total. The molecule has 1 aromatic heterocycles. The van der Waals surface area contributed by atoms with Gasteiger partial charge in [0, 0.05) is 17.0 Å². The number of nitrogens with zero attached hydrogens (tertiary/aromatic N) is 1. The van der Waals surface area contributed by atoms with Gasteiger partial charge in [-0.15, -0.1) is 11.3 Å². The molecule has 16 heavy (non-hydrogen) atoms. The zero-order chi connectivity index (χ0) is 11.5. The van der Waals surface area contributed by atoms with Gasteiger partial charge in [-0.2, -0.15) is 0 Å². The molecule has 1 atom stereocenters. The third-order valence-electron chi connectivity index (χ3n) is 3.58. The van der Waals surface area contributed by atoms with E-state index in [1.807, 2.05) is 11.3 Å². The van der Waals surface area contributed by atoms with Crippen LogP contribution in [0.1, 0.15) is 55.3 Å². The van der Waals surface area contributed by atoms with Crippen LogP contribution in [0.2, 0.25) is 0 Å². The summed E-state index contributed by atoms with van der Waals surface area (Å²) < 4.78 is 0. The number of hydrogen-bond donors (Lipinski definition) is 1. The molecule has 1 saturated heterocycles. The Morgan fingerprint density at radius 1 is 1.31 bits per heavy atom. The van der Waals surface area contributed by atoms with Crippen LogP contribution in [0.4, 0.5) is 0 Å². The van der Waals surface area contributed by atoms with Gasteiger partial charge in [-0.05, 0) is 37.8 Å². The van der Waals surface area contributed by atoms with Crippen LogP contribution in [0.3, 0.4) is 0 Å². The van der Waals surface area contributed by atoms with Crippen molar-refractivity contribution in [1.29, 1.82) is 0 Å². The van der Waals surface area contributed by atoms with Crippen molar-refractivity contribution >= 4 is 11.3 Å². The Kier molecular flexibility index (Phi) is 3.98. The Morgan fingerprint density at radius 2 is 2.00 bits per heavy atom. The topological polar surface area (TPSA) is 24.9 Å². The molecular formula is C13H22N2S. The highest BCUT2D eigenvalue weighted by Crippen LogP contribution is 2.35. The number of piperidine rings is 1. The van der Waals surface area contributed by atoms with E-state index in [2.05, 4.69) is 37.3 Å². The van der Waals surface area contributed by atoms with Gasteiger partial charge in [0.1, 0.15) is 0 Å². The standard InChI is InChI=1S/C13H22N2S/c1-9(2)13-15-8-12(16-13)10(3)11-4-6-14-7-5-11/h8-11,14H,4-7H2,1-3H3. The second-order valence-electron chi connectivity index (χ2n) is 5.13. The summed E-state index contributed by atoms with van der Waals surface area (Å²) in [4.78, 5) is 6.02. The third-order valence-corrected chi connectivity index (χ3v) is 5.07. The molecule has 0 aliphatic carbocycles. The molecule has 0 spiro atoms. The fraction of sp³-hybridized carbons (Fsp3) is 0.769. The highest BCUT2D eigenvalue weighted by molar-refractivity contribution is 7.11. The molecule has 0 saturated carbocycles. The van der Waals surface area contributed by atoms with Crippen molar-refractivity contribution in [2.45, 2.75) is 45.4 Å². The summed E-state index contributed by atoms with van der Waals surface area (Å²) in [5, 5.41) is 4.72. The minimum absolute atomic E-state index is 0.568. The molecule has 0 bridgehead atoms. The van der Waals surface area contributed by atoms with Gasteiger partial charge in [0.2, 0.25) is 0 Å². The van der Waals surface area contributed by atoms with Crippen LogP contribution >= 0.6 is 11.3 Å². The molecule has 90 valence electrons. The van der Waals surface area contributed by atoms with Gasteiger partial charge in [-0.3, -0.25) is 0 Å². The van der Waals surface area contributed by atoms with Crippen molar-refractivity contribution in [2.75, 3.05) is 13.1 Å². The fourth-order valence-corrected chi connectivity index (χ4v) is 3.42. The molecule has 3 heteroatoms. The van der Waals surface area contributed by atoms with Gasteiger partial charge in [0.15, 0.2) is 0 Å². The Balaban J connectivity index is 2.04. The first-order valence-corrected chi connectivity index (χ1v) is 7.16. The van der Waals surface area contributed by atoms with Crippen molar-refractivity contribution < 1.29 is 0 Å². The summed E-state index contributed by atoms with van der Waals surface area (Å²) in [6.45, 7) is 9.18. The maximum Gasteiger partial charge on any atom is 0.0953 e. The highest BCUT2D eigenvalue weighted by atomic mass is 32.1. The van der Waals surface area contributed by atoms with Crippen LogP contribution in [-0.2, 0) is 0 Å². The smallest absolute Gasteiger partial charge is 0.0953 e. The Hall–Kier alpha value is -0.410. The first kappa shape index (κ1) is 12.1. The lowest BCUT2D eigenvalue weighted by molar-refractivity contribution is 0.332. The number of thiazole rings is 1. The number of aromatic nitrogens is 1. The summed E-state index contributed by atoms with van der Waals surface area (Å²) in [5.41, 5.74) is 0. The molecule has 0 radical (unpaired) electrons. The molecule has 2 rings (SSSR count). The van der Waals surface area contributed by atoms with Crippen molar-refractivity contribution in [3.8, 4) is 0 Å². The summed E-state index contributed by atoms with van der Waals surface area (Å²) in [7, 11) is 0. The van der Waals surface area contributed by atoms with E-state index in [9.17, 15) is 0 Å². The molecule has 0 aromatic carbocycles. The second kappa shape index (κ2) is 5.28. The van der Waals surface area contributed by atoms with Crippen LogP contribution in [0.15, 0.2) is 6.20 Å². The van der Waals surface area contributed by atoms with Crippen LogP contribution in [0.25, 0.3) is 0 Å². The van der Waals surface area contributed by atoms with Gasteiger partial charge < -0.3 is 5.32 Å². The molecule has 1 aliphatic heterocycles. The average Bonchev–Trinajstić information content (AvgIpc) is 2.78. The molecule has 2 heterocycles. The summed E-state index contributed by atoms with van der Waals surface area (Å²) >= 11 is 1.91. The minimum Gasteiger partial charge on any atom is -0.317 e. The van der Waals surface area contributed by atoms with E-state index in [1.54, 1.807) is 0 Å². The van der Waals surface area contributed by atoms with E-state index in [-0.39, 0.29) is 0 Å². The molecule has 1 fully saturated rings. The predicted molar refractivity (Wildman–Crippen MR) is 70.2 cm³/mol. The van der Waals surface area contributed by atoms with Crippen LogP contribution in [0.5, 0.6) is 0 Å². The van der Waals surface area contributed by atoms with Crippen molar-refractivity contribution in [3.05, 3.63) is 16.1 Å². The Morgan fingerprint density at radius 3 is 2.56 bits per heavy atom. The summed E-state index contributed by atoms with van der Waals surface area (Å²) in [6.07, 6.45) is 4.73. The van der Waals surface area contributed by atoms with E-state index in [0.717, 1.165) is 5.92 Å². The first-order chi connectivity index (χ1) is 7.68. The first-order valence-electron chi connectivity index (χ1n) is 6.35. The zero-order valence-electron chi connectivity index (χ0n) is 10.5. The third kappa shape index (κ3) is 2.64. The van der Waals surface area contributed by atoms with Gasteiger partial charge >= 0.3 is 0 Å². The molecule has 1 aliphatic rings. The number of nitrogens with one attached hydrogen (secondary N) is 1. The maximum absolute atomic E-state index is 4.53. The Bertz CT molecular complexity index is 326. The second-order valence-corrected chi connectivity index (χ2v) is 6.23. The minimum atomic E-state index is 0.568. The lowest BCUT2D eigenvalue weighted by Crippen LogP contribution is -2.29. The average molecular weight is 238 g/mol. The normalized spacial score (nSPS) is 20.2. The van der Waals surface area contributed by atoms with Crippen molar-refractivity contribution in [3.63, 3.8) is 0 Å². The van der Waals surface area contributed by atoms with E-state index in [4.69, 9.17) is 0 Å².